The van der Waals surface area contributed by atoms with Crippen molar-refractivity contribution in [3.05, 3.63) is 34.1 Å². The van der Waals surface area contributed by atoms with E-state index in [0.29, 0.717) is 22.7 Å². The Labute approximate surface area is 138 Å². The number of halogens is 3. The van der Waals surface area contributed by atoms with E-state index in [1.165, 1.54) is 6.07 Å². The summed E-state index contributed by atoms with van der Waals surface area (Å²) in [6, 6.07) is 4.98. The maximum atomic E-state index is 13.2. The zero-order valence-electron chi connectivity index (χ0n) is 11.6. The van der Waals surface area contributed by atoms with E-state index in [1.54, 1.807) is 12.1 Å². The van der Waals surface area contributed by atoms with E-state index >= 15 is 0 Å². The number of nitrogens with zero attached hydrogens (tertiary/aromatic N) is 1. The Bertz CT molecular complexity index is 542. The number of likely N-dealkylation sites (tertiary alicyclic amines) is 1. The summed E-state index contributed by atoms with van der Waals surface area (Å²) in [6.07, 6.45) is 2.55. The van der Waals surface area contributed by atoms with Gasteiger partial charge >= 0.3 is 0 Å². The molecule has 2 fully saturated rings. The summed E-state index contributed by atoms with van der Waals surface area (Å²) < 4.78 is 13.6. The van der Waals surface area contributed by atoms with Gasteiger partial charge in [0.15, 0.2) is 0 Å². The van der Waals surface area contributed by atoms with Crippen molar-refractivity contribution in [2.75, 3.05) is 13.1 Å². The highest BCUT2D eigenvalue weighted by Gasteiger charge is 2.42. The summed E-state index contributed by atoms with van der Waals surface area (Å²) in [4.78, 5) is 14.2. The van der Waals surface area contributed by atoms with Crippen molar-refractivity contribution in [2.24, 2.45) is 17.6 Å². The molecule has 3 unspecified atom stereocenters. The van der Waals surface area contributed by atoms with Gasteiger partial charge in [-0.05, 0) is 58.3 Å². The molecule has 0 bridgehead atoms. The Balaban J connectivity index is 0.00000161. The van der Waals surface area contributed by atoms with E-state index in [2.05, 4.69) is 15.9 Å². The molecule has 3 atom stereocenters. The van der Waals surface area contributed by atoms with Crippen LogP contribution >= 0.6 is 28.3 Å². The Hall–Kier alpha value is -0.650. The van der Waals surface area contributed by atoms with Gasteiger partial charge in [0.25, 0.3) is 0 Å². The van der Waals surface area contributed by atoms with E-state index < -0.39 is 0 Å². The van der Waals surface area contributed by atoms with E-state index in [9.17, 15) is 9.18 Å². The molecule has 1 aliphatic heterocycles. The van der Waals surface area contributed by atoms with Gasteiger partial charge in [-0.15, -0.1) is 12.4 Å². The van der Waals surface area contributed by atoms with Crippen LogP contribution in [0.15, 0.2) is 22.7 Å². The molecular weight excluding hydrogens is 359 g/mol. The minimum absolute atomic E-state index is 0. The number of rotatable bonds is 2. The molecule has 2 aliphatic rings. The SMILES string of the molecule is Cl.NC1CCC2CN(C(=O)Cc3ccc(F)c(Br)c3)CC12. The number of carbonyl (C=O) groups is 1. The fourth-order valence-electron chi connectivity index (χ4n) is 3.45. The molecule has 116 valence electrons. The molecule has 1 amide bonds. The van der Waals surface area contributed by atoms with Gasteiger partial charge in [-0.25, -0.2) is 4.39 Å². The quantitative estimate of drug-likeness (QED) is 0.861. The summed E-state index contributed by atoms with van der Waals surface area (Å²) in [6.45, 7) is 1.62. The van der Waals surface area contributed by atoms with Crippen molar-refractivity contribution in [3.63, 3.8) is 0 Å². The molecule has 1 aromatic rings. The number of amides is 1. The molecular formula is C15H19BrClFN2O. The largest absolute Gasteiger partial charge is 0.342 e. The summed E-state index contributed by atoms with van der Waals surface area (Å²) in [5.41, 5.74) is 6.92. The molecule has 3 nitrogen and oxygen atoms in total. The lowest BCUT2D eigenvalue weighted by Crippen LogP contribution is -2.34. The number of fused-ring (bicyclic) bond motifs is 1. The average Bonchev–Trinajstić information content (AvgIpc) is 2.97. The molecule has 1 aromatic carbocycles. The fraction of sp³-hybridized carbons (Fsp3) is 0.533. The fourth-order valence-corrected chi connectivity index (χ4v) is 3.87. The van der Waals surface area contributed by atoms with Crippen LogP contribution in [0.5, 0.6) is 0 Å². The molecule has 0 spiro atoms. The zero-order valence-corrected chi connectivity index (χ0v) is 14.0. The lowest BCUT2D eigenvalue weighted by Gasteiger charge is -2.19. The number of benzene rings is 1. The Morgan fingerprint density at radius 1 is 1.38 bits per heavy atom. The van der Waals surface area contributed by atoms with Crippen LogP contribution in [0.1, 0.15) is 18.4 Å². The van der Waals surface area contributed by atoms with Crippen LogP contribution in [-0.2, 0) is 11.2 Å². The van der Waals surface area contributed by atoms with Gasteiger partial charge in [-0.1, -0.05) is 6.07 Å². The first-order valence-corrected chi connectivity index (χ1v) is 7.81. The second-order valence-corrected chi connectivity index (χ2v) is 6.74. The van der Waals surface area contributed by atoms with Gasteiger partial charge in [-0.2, -0.15) is 0 Å². The van der Waals surface area contributed by atoms with Crippen LogP contribution in [-0.4, -0.2) is 29.9 Å². The van der Waals surface area contributed by atoms with Gasteiger partial charge in [0.2, 0.25) is 5.91 Å². The van der Waals surface area contributed by atoms with Gasteiger partial charge in [0.05, 0.1) is 10.9 Å². The van der Waals surface area contributed by atoms with Gasteiger partial charge in [0, 0.05) is 19.1 Å². The van der Waals surface area contributed by atoms with E-state index in [0.717, 1.165) is 31.5 Å². The van der Waals surface area contributed by atoms with Crippen LogP contribution in [0.2, 0.25) is 0 Å². The van der Waals surface area contributed by atoms with Gasteiger partial charge in [0.1, 0.15) is 5.82 Å². The number of carbonyl (C=O) groups excluding carboxylic acids is 1. The Morgan fingerprint density at radius 3 is 2.81 bits per heavy atom. The highest BCUT2D eigenvalue weighted by molar-refractivity contribution is 9.10. The molecule has 6 heteroatoms. The van der Waals surface area contributed by atoms with Crippen LogP contribution < -0.4 is 5.73 Å². The van der Waals surface area contributed by atoms with Crippen molar-refractivity contribution in [1.82, 2.24) is 4.90 Å². The first-order chi connectivity index (χ1) is 9.54. The molecule has 2 N–H and O–H groups in total. The van der Waals surface area contributed by atoms with Gasteiger partial charge in [-0.3, -0.25) is 4.79 Å². The monoisotopic (exact) mass is 376 g/mol. The predicted octanol–water partition coefficient (Wildman–Crippen LogP) is 2.75. The molecule has 1 saturated carbocycles. The third kappa shape index (κ3) is 3.41. The summed E-state index contributed by atoms with van der Waals surface area (Å²) >= 11 is 3.15. The minimum atomic E-state index is -0.303. The number of hydrogen-bond donors (Lipinski definition) is 1. The highest BCUT2D eigenvalue weighted by atomic mass is 79.9. The molecule has 0 aromatic heterocycles. The average molecular weight is 378 g/mol. The lowest BCUT2D eigenvalue weighted by molar-refractivity contribution is -0.129. The molecule has 1 saturated heterocycles. The Morgan fingerprint density at radius 2 is 2.14 bits per heavy atom. The van der Waals surface area contributed by atoms with Crippen LogP contribution in [0.4, 0.5) is 4.39 Å². The maximum absolute atomic E-state index is 13.2. The van der Waals surface area contributed by atoms with Crippen molar-refractivity contribution in [2.45, 2.75) is 25.3 Å². The van der Waals surface area contributed by atoms with Crippen LogP contribution in [0.25, 0.3) is 0 Å². The number of nitrogens with two attached hydrogens (primary N) is 1. The lowest BCUT2D eigenvalue weighted by atomic mass is 9.98. The third-order valence-electron chi connectivity index (χ3n) is 4.60. The summed E-state index contributed by atoms with van der Waals surface area (Å²) in [5.74, 6) is 0.862. The molecule has 0 radical (unpaired) electrons. The third-order valence-corrected chi connectivity index (χ3v) is 5.21. The van der Waals surface area contributed by atoms with Crippen LogP contribution in [0, 0.1) is 17.7 Å². The predicted molar refractivity (Wildman–Crippen MR) is 85.8 cm³/mol. The van der Waals surface area contributed by atoms with Crippen molar-refractivity contribution in [1.29, 1.82) is 0 Å². The standard InChI is InChI=1S/C15H18BrFN2O.ClH/c16-12-5-9(1-3-13(12)17)6-15(20)19-7-10-2-4-14(18)11(10)8-19;/h1,3,5,10-11,14H,2,4,6-8,18H2;1H. The van der Waals surface area contributed by atoms with E-state index in [1.807, 2.05) is 4.90 Å². The van der Waals surface area contributed by atoms with Crippen molar-refractivity contribution < 1.29 is 9.18 Å². The zero-order chi connectivity index (χ0) is 14.3. The first kappa shape index (κ1) is 16.7. The van der Waals surface area contributed by atoms with Crippen LogP contribution in [0.3, 0.4) is 0 Å². The minimum Gasteiger partial charge on any atom is -0.342 e. The van der Waals surface area contributed by atoms with Gasteiger partial charge < -0.3 is 10.6 Å². The molecule has 1 heterocycles. The van der Waals surface area contributed by atoms with Crippen molar-refractivity contribution in [3.8, 4) is 0 Å². The second-order valence-electron chi connectivity index (χ2n) is 5.89. The first-order valence-electron chi connectivity index (χ1n) is 7.02. The normalized spacial score (nSPS) is 27.4. The second kappa shape index (κ2) is 6.63. The molecule has 1 aliphatic carbocycles. The number of hydrogen-bond acceptors (Lipinski definition) is 2. The maximum Gasteiger partial charge on any atom is 0.227 e. The topological polar surface area (TPSA) is 46.3 Å². The Kier molecular flexibility index (Phi) is 5.28. The molecule has 3 rings (SSSR count). The van der Waals surface area contributed by atoms with Crippen molar-refractivity contribution >= 4 is 34.2 Å². The smallest absolute Gasteiger partial charge is 0.227 e. The summed E-state index contributed by atoms with van der Waals surface area (Å²) in [5, 5.41) is 0. The van der Waals surface area contributed by atoms with E-state index in [-0.39, 0.29) is 30.2 Å². The summed E-state index contributed by atoms with van der Waals surface area (Å²) in [7, 11) is 0. The highest BCUT2D eigenvalue weighted by Crippen LogP contribution is 2.37. The van der Waals surface area contributed by atoms with E-state index in [4.69, 9.17) is 5.73 Å². The molecule has 21 heavy (non-hydrogen) atoms.